The van der Waals surface area contributed by atoms with Gasteiger partial charge in [-0.15, -0.1) is 0 Å². The summed E-state index contributed by atoms with van der Waals surface area (Å²) in [5.74, 6) is 0. The monoisotopic (exact) mass is 183 g/mol. The van der Waals surface area contributed by atoms with E-state index in [1.54, 1.807) is 7.11 Å². The molecule has 1 atom stereocenters. The number of rotatable bonds is 4. The first-order valence-electron chi connectivity index (χ1n) is 4.44. The van der Waals surface area contributed by atoms with Gasteiger partial charge in [0, 0.05) is 13.2 Å². The van der Waals surface area contributed by atoms with Crippen LogP contribution in [-0.2, 0) is 11.3 Å². The van der Waals surface area contributed by atoms with Crippen molar-refractivity contribution in [2.24, 2.45) is 5.73 Å². The van der Waals surface area contributed by atoms with Gasteiger partial charge in [0.15, 0.2) is 0 Å². The molecule has 0 saturated heterocycles. The summed E-state index contributed by atoms with van der Waals surface area (Å²) >= 11 is 0. The number of hydrogen-bond donors (Lipinski definition) is 1. The summed E-state index contributed by atoms with van der Waals surface area (Å²) in [7, 11) is 1.68. The van der Waals surface area contributed by atoms with Crippen LogP contribution in [0.1, 0.15) is 24.4 Å². The third kappa shape index (κ3) is 2.54. The molecule has 13 heavy (non-hydrogen) atoms. The van der Waals surface area contributed by atoms with Crippen LogP contribution in [0.5, 0.6) is 0 Å². The van der Waals surface area contributed by atoms with Crippen molar-refractivity contribution in [3.8, 4) is 0 Å². The van der Waals surface area contributed by atoms with Crippen molar-refractivity contribution < 1.29 is 4.74 Å². The third-order valence-corrected chi connectivity index (χ3v) is 1.91. The highest BCUT2D eigenvalue weighted by Gasteiger charge is 2.08. The van der Waals surface area contributed by atoms with Crippen molar-refractivity contribution in [2.45, 2.75) is 26.4 Å². The lowest BCUT2D eigenvalue weighted by Crippen LogP contribution is -2.15. The first-order valence-corrected chi connectivity index (χ1v) is 4.44. The van der Waals surface area contributed by atoms with Crippen LogP contribution in [0.2, 0.25) is 0 Å². The normalized spacial score (nSPS) is 13.2. The smallest absolute Gasteiger partial charge is 0.0659 e. The van der Waals surface area contributed by atoms with Crippen molar-refractivity contribution in [2.75, 3.05) is 13.7 Å². The minimum absolute atomic E-state index is 0.0260. The summed E-state index contributed by atoms with van der Waals surface area (Å²) in [4.78, 5) is 0. The van der Waals surface area contributed by atoms with Crippen LogP contribution >= 0.6 is 0 Å². The molecule has 4 nitrogen and oxygen atoms in total. The molecule has 0 aliphatic carbocycles. The summed E-state index contributed by atoms with van der Waals surface area (Å²) in [5.41, 5.74) is 7.87. The Hall–Kier alpha value is -0.870. The molecule has 2 N–H and O–H groups in total. The van der Waals surface area contributed by atoms with Gasteiger partial charge in [-0.25, -0.2) is 0 Å². The van der Waals surface area contributed by atoms with E-state index in [0.29, 0.717) is 6.61 Å². The molecule has 0 fully saturated rings. The fourth-order valence-electron chi connectivity index (χ4n) is 1.29. The van der Waals surface area contributed by atoms with Gasteiger partial charge in [-0.1, -0.05) is 0 Å². The van der Waals surface area contributed by atoms with E-state index in [0.717, 1.165) is 17.9 Å². The standard InChI is InChI=1S/C9H17N3O/c1-7-6-9(8(2)10)12(11-7)4-5-13-3/h6,8H,4-5,10H2,1-3H3/t8-/m0/s1. The average molecular weight is 183 g/mol. The van der Waals surface area contributed by atoms with Crippen LogP contribution in [0.15, 0.2) is 6.07 Å². The highest BCUT2D eigenvalue weighted by molar-refractivity contribution is 5.11. The van der Waals surface area contributed by atoms with Gasteiger partial charge < -0.3 is 10.5 Å². The van der Waals surface area contributed by atoms with Crippen LogP contribution in [0.25, 0.3) is 0 Å². The molecule has 1 heterocycles. The molecule has 0 unspecified atom stereocenters. The quantitative estimate of drug-likeness (QED) is 0.753. The zero-order chi connectivity index (χ0) is 9.84. The SMILES string of the molecule is COCCn1nc(C)cc1[C@H](C)N. The maximum absolute atomic E-state index is 5.80. The summed E-state index contributed by atoms with van der Waals surface area (Å²) in [6.45, 7) is 5.36. The van der Waals surface area contributed by atoms with Crippen LogP contribution in [-0.4, -0.2) is 23.5 Å². The summed E-state index contributed by atoms with van der Waals surface area (Å²) < 4.78 is 6.89. The molecule has 74 valence electrons. The molecular formula is C9H17N3O. The minimum Gasteiger partial charge on any atom is -0.383 e. The number of nitrogens with two attached hydrogens (primary N) is 1. The molecule has 0 amide bonds. The summed E-state index contributed by atoms with van der Waals surface area (Å²) in [5, 5.41) is 4.33. The van der Waals surface area contributed by atoms with E-state index in [1.165, 1.54) is 0 Å². The Morgan fingerprint density at radius 1 is 1.69 bits per heavy atom. The van der Waals surface area contributed by atoms with Crippen molar-refractivity contribution in [1.82, 2.24) is 9.78 Å². The van der Waals surface area contributed by atoms with Crippen molar-refractivity contribution in [1.29, 1.82) is 0 Å². The molecule has 0 aliphatic heterocycles. The van der Waals surface area contributed by atoms with Crippen LogP contribution < -0.4 is 5.73 Å². The summed E-state index contributed by atoms with van der Waals surface area (Å²) in [6.07, 6.45) is 0. The zero-order valence-electron chi connectivity index (χ0n) is 8.45. The first kappa shape index (κ1) is 10.2. The Balaban J connectivity index is 2.78. The second-order valence-electron chi connectivity index (χ2n) is 3.22. The number of aryl methyl sites for hydroxylation is 1. The van der Waals surface area contributed by atoms with E-state index in [2.05, 4.69) is 5.10 Å². The molecule has 0 aromatic carbocycles. The molecular weight excluding hydrogens is 166 g/mol. The average Bonchev–Trinajstić information content (AvgIpc) is 2.43. The molecule has 1 aromatic rings. The Labute approximate surface area is 78.7 Å². The van der Waals surface area contributed by atoms with Gasteiger partial charge in [0.2, 0.25) is 0 Å². The van der Waals surface area contributed by atoms with E-state index in [9.17, 15) is 0 Å². The predicted molar refractivity (Wildman–Crippen MR) is 51.4 cm³/mol. The van der Waals surface area contributed by atoms with Gasteiger partial charge >= 0.3 is 0 Å². The van der Waals surface area contributed by atoms with E-state index < -0.39 is 0 Å². The van der Waals surface area contributed by atoms with Crippen molar-refractivity contribution >= 4 is 0 Å². The Morgan fingerprint density at radius 3 is 2.92 bits per heavy atom. The van der Waals surface area contributed by atoms with Gasteiger partial charge in [-0.05, 0) is 19.9 Å². The zero-order valence-corrected chi connectivity index (χ0v) is 8.45. The molecule has 1 aromatic heterocycles. The Bertz CT molecular complexity index is 268. The maximum atomic E-state index is 5.80. The lowest BCUT2D eigenvalue weighted by Gasteiger charge is -2.08. The second kappa shape index (κ2) is 4.39. The van der Waals surface area contributed by atoms with Gasteiger partial charge in [-0.2, -0.15) is 5.10 Å². The molecule has 0 bridgehead atoms. The van der Waals surface area contributed by atoms with Crippen LogP contribution in [0, 0.1) is 6.92 Å². The lowest BCUT2D eigenvalue weighted by molar-refractivity contribution is 0.182. The predicted octanol–water partition coefficient (Wildman–Crippen LogP) is 0.858. The molecule has 0 spiro atoms. The maximum Gasteiger partial charge on any atom is 0.0659 e. The van der Waals surface area contributed by atoms with Gasteiger partial charge in [0.1, 0.15) is 0 Å². The van der Waals surface area contributed by atoms with E-state index in [1.807, 2.05) is 24.6 Å². The molecule has 0 aliphatic rings. The summed E-state index contributed by atoms with van der Waals surface area (Å²) in [6, 6.07) is 2.04. The fourth-order valence-corrected chi connectivity index (χ4v) is 1.29. The second-order valence-corrected chi connectivity index (χ2v) is 3.22. The highest BCUT2D eigenvalue weighted by Crippen LogP contribution is 2.10. The van der Waals surface area contributed by atoms with Crippen molar-refractivity contribution in [3.05, 3.63) is 17.5 Å². The minimum atomic E-state index is 0.0260. The lowest BCUT2D eigenvalue weighted by atomic mass is 10.2. The fraction of sp³-hybridized carbons (Fsp3) is 0.667. The number of nitrogens with zero attached hydrogens (tertiary/aromatic N) is 2. The Morgan fingerprint density at radius 2 is 2.38 bits per heavy atom. The number of methoxy groups -OCH3 is 1. The topological polar surface area (TPSA) is 53.1 Å². The molecule has 0 radical (unpaired) electrons. The van der Waals surface area contributed by atoms with E-state index >= 15 is 0 Å². The number of aromatic nitrogens is 2. The Kier molecular flexibility index (Phi) is 3.45. The van der Waals surface area contributed by atoms with Gasteiger partial charge in [0.25, 0.3) is 0 Å². The number of hydrogen-bond acceptors (Lipinski definition) is 3. The first-order chi connectivity index (χ1) is 6.15. The number of ether oxygens (including phenoxy) is 1. The third-order valence-electron chi connectivity index (χ3n) is 1.91. The molecule has 4 heteroatoms. The van der Waals surface area contributed by atoms with E-state index in [4.69, 9.17) is 10.5 Å². The van der Waals surface area contributed by atoms with Gasteiger partial charge in [0.05, 0.1) is 24.5 Å². The van der Waals surface area contributed by atoms with Crippen LogP contribution in [0.4, 0.5) is 0 Å². The largest absolute Gasteiger partial charge is 0.383 e. The van der Waals surface area contributed by atoms with E-state index in [-0.39, 0.29) is 6.04 Å². The molecule has 1 rings (SSSR count). The van der Waals surface area contributed by atoms with Crippen molar-refractivity contribution in [3.63, 3.8) is 0 Å². The van der Waals surface area contributed by atoms with Gasteiger partial charge in [-0.3, -0.25) is 4.68 Å². The van der Waals surface area contributed by atoms with Crippen LogP contribution in [0.3, 0.4) is 0 Å². The molecule has 0 saturated carbocycles. The highest BCUT2D eigenvalue weighted by atomic mass is 16.5.